The molecule has 1 aromatic carbocycles. The van der Waals surface area contributed by atoms with E-state index in [1.807, 2.05) is 41.8 Å². The number of thiophene rings is 2. The number of hydrogen-bond donors (Lipinski definition) is 3. The predicted molar refractivity (Wildman–Crippen MR) is 111 cm³/mol. The lowest BCUT2D eigenvalue weighted by atomic mass is 10.2. The highest BCUT2D eigenvalue weighted by molar-refractivity contribution is 7.12. The van der Waals surface area contributed by atoms with Crippen LogP contribution >= 0.6 is 22.7 Å². The Hall–Kier alpha value is -2.55. The van der Waals surface area contributed by atoms with E-state index in [1.165, 1.54) is 22.7 Å². The summed E-state index contributed by atoms with van der Waals surface area (Å²) in [5.41, 5.74) is 0.908. The standard InChI is InChI=1S/C20H22N2O4S2/c1-25-15-7-5-13(10-16(15)26-2)11-21-20(24)22-12-14-6-8-18(28-14)19(23)17-4-3-9-27-17/h3-10,19,23H,11-12H2,1-2H3,(H2,21,22,24). The third kappa shape index (κ3) is 5.03. The van der Waals surface area contributed by atoms with Crippen molar-refractivity contribution in [3.05, 3.63) is 68.0 Å². The van der Waals surface area contributed by atoms with Gasteiger partial charge in [0.25, 0.3) is 0 Å². The molecule has 3 rings (SSSR count). The smallest absolute Gasteiger partial charge is 0.315 e. The highest BCUT2D eigenvalue weighted by atomic mass is 32.1. The van der Waals surface area contributed by atoms with Crippen LogP contribution < -0.4 is 20.1 Å². The minimum atomic E-state index is -0.613. The van der Waals surface area contributed by atoms with Gasteiger partial charge in [-0.25, -0.2) is 4.79 Å². The molecule has 0 aliphatic rings. The van der Waals surface area contributed by atoms with Crippen LogP contribution in [0.2, 0.25) is 0 Å². The average Bonchev–Trinajstić information content (AvgIpc) is 3.42. The summed E-state index contributed by atoms with van der Waals surface area (Å²) in [5.74, 6) is 1.27. The van der Waals surface area contributed by atoms with Crippen LogP contribution in [0.25, 0.3) is 0 Å². The molecule has 2 aromatic heterocycles. The number of ether oxygens (including phenoxy) is 2. The number of hydrogen-bond acceptors (Lipinski definition) is 6. The topological polar surface area (TPSA) is 79.8 Å². The van der Waals surface area contributed by atoms with E-state index in [1.54, 1.807) is 20.3 Å². The van der Waals surface area contributed by atoms with Crippen LogP contribution in [0.15, 0.2) is 47.8 Å². The summed E-state index contributed by atoms with van der Waals surface area (Å²) < 4.78 is 10.5. The fourth-order valence-corrected chi connectivity index (χ4v) is 4.39. The second-order valence-electron chi connectivity index (χ2n) is 5.95. The van der Waals surface area contributed by atoms with Gasteiger partial charge < -0.3 is 25.2 Å². The molecule has 0 aliphatic carbocycles. The minimum absolute atomic E-state index is 0.261. The van der Waals surface area contributed by atoms with Gasteiger partial charge in [0, 0.05) is 21.2 Å². The van der Waals surface area contributed by atoms with Crippen molar-refractivity contribution in [1.82, 2.24) is 10.6 Å². The molecule has 0 aliphatic heterocycles. The molecule has 3 aromatic rings. The lowest BCUT2D eigenvalue weighted by molar-refractivity contribution is 0.228. The van der Waals surface area contributed by atoms with Crippen molar-refractivity contribution in [3.63, 3.8) is 0 Å². The van der Waals surface area contributed by atoms with Crippen molar-refractivity contribution in [3.8, 4) is 11.5 Å². The van der Waals surface area contributed by atoms with Crippen molar-refractivity contribution in [2.45, 2.75) is 19.2 Å². The molecular formula is C20H22N2O4S2. The van der Waals surface area contributed by atoms with Crippen molar-refractivity contribution >= 4 is 28.7 Å². The van der Waals surface area contributed by atoms with Gasteiger partial charge >= 0.3 is 6.03 Å². The van der Waals surface area contributed by atoms with Crippen LogP contribution in [0.1, 0.15) is 26.3 Å². The number of aliphatic hydroxyl groups excluding tert-OH is 1. The van der Waals surface area contributed by atoms with Gasteiger partial charge in [-0.15, -0.1) is 22.7 Å². The normalized spacial score (nSPS) is 11.7. The summed E-state index contributed by atoms with van der Waals surface area (Å²) in [7, 11) is 3.16. The maximum atomic E-state index is 12.1. The molecule has 28 heavy (non-hydrogen) atoms. The van der Waals surface area contributed by atoms with Crippen molar-refractivity contribution in [2.75, 3.05) is 14.2 Å². The van der Waals surface area contributed by atoms with E-state index in [0.29, 0.717) is 24.6 Å². The molecule has 0 saturated carbocycles. The third-order valence-corrected chi connectivity index (χ3v) is 6.15. The van der Waals surface area contributed by atoms with E-state index in [4.69, 9.17) is 9.47 Å². The highest BCUT2D eigenvalue weighted by Crippen LogP contribution is 2.31. The first-order valence-electron chi connectivity index (χ1n) is 8.63. The fourth-order valence-electron chi connectivity index (χ4n) is 2.63. The SMILES string of the molecule is COc1ccc(CNC(=O)NCc2ccc(C(O)c3cccs3)s2)cc1OC. The Labute approximate surface area is 171 Å². The summed E-state index contributed by atoms with van der Waals surface area (Å²) in [4.78, 5) is 14.8. The molecule has 148 valence electrons. The minimum Gasteiger partial charge on any atom is -0.493 e. The maximum Gasteiger partial charge on any atom is 0.315 e. The van der Waals surface area contributed by atoms with Gasteiger partial charge in [-0.2, -0.15) is 0 Å². The van der Waals surface area contributed by atoms with E-state index >= 15 is 0 Å². The molecule has 1 unspecified atom stereocenters. The number of benzene rings is 1. The van der Waals surface area contributed by atoms with Crippen molar-refractivity contribution < 1.29 is 19.4 Å². The molecule has 1 atom stereocenters. The summed E-state index contributed by atoms with van der Waals surface area (Å²) in [6.45, 7) is 0.776. The van der Waals surface area contributed by atoms with Gasteiger partial charge in [0.15, 0.2) is 11.5 Å². The van der Waals surface area contributed by atoms with Gasteiger partial charge in [-0.05, 0) is 41.3 Å². The Morgan fingerprint density at radius 1 is 1.04 bits per heavy atom. The van der Waals surface area contributed by atoms with Gasteiger partial charge in [-0.1, -0.05) is 12.1 Å². The molecule has 0 spiro atoms. The lowest BCUT2D eigenvalue weighted by Gasteiger charge is -2.11. The summed E-state index contributed by atoms with van der Waals surface area (Å²) in [5, 5.41) is 18.0. The molecule has 2 heterocycles. The van der Waals surface area contributed by atoms with Gasteiger partial charge in [-0.3, -0.25) is 0 Å². The average molecular weight is 419 g/mol. The molecule has 0 saturated heterocycles. The Morgan fingerprint density at radius 3 is 2.54 bits per heavy atom. The summed E-state index contributed by atoms with van der Waals surface area (Å²) in [6.07, 6.45) is -0.613. The monoisotopic (exact) mass is 418 g/mol. The number of aliphatic hydroxyl groups is 1. The van der Waals surface area contributed by atoms with Crippen LogP contribution in [0.5, 0.6) is 11.5 Å². The number of urea groups is 1. The number of methoxy groups -OCH3 is 2. The number of amides is 2. The quantitative estimate of drug-likeness (QED) is 0.518. The molecular weight excluding hydrogens is 396 g/mol. The summed E-state index contributed by atoms with van der Waals surface area (Å²) in [6, 6.07) is 12.9. The molecule has 3 N–H and O–H groups in total. The molecule has 0 fully saturated rings. The zero-order valence-electron chi connectivity index (χ0n) is 15.6. The number of nitrogens with one attached hydrogen (secondary N) is 2. The Kier molecular flexibility index (Phi) is 6.91. The lowest BCUT2D eigenvalue weighted by Crippen LogP contribution is -2.34. The maximum absolute atomic E-state index is 12.1. The molecule has 2 amide bonds. The zero-order valence-corrected chi connectivity index (χ0v) is 17.2. The van der Waals surface area contributed by atoms with E-state index in [9.17, 15) is 9.90 Å². The van der Waals surface area contributed by atoms with Crippen LogP contribution in [0.4, 0.5) is 4.79 Å². The van der Waals surface area contributed by atoms with Crippen LogP contribution in [-0.2, 0) is 13.1 Å². The van der Waals surface area contributed by atoms with E-state index < -0.39 is 6.10 Å². The highest BCUT2D eigenvalue weighted by Gasteiger charge is 2.14. The first-order valence-corrected chi connectivity index (χ1v) is 10.3. The Balaban J connectivity index is 1.48. The van der Waals surface area contributed by atoms with E-state index in [2.05, 4.69) is 10.6 Å². The van der Waals surface area contributed by atoms with Crippen molar-refractivity contribution in [1.29, 1.82) is 0 Å². The Morgan fingerprint density at radius 2 is 1.82 bits per heavy atom. The predicted octanol–water partition coefficient (Wildman–Crippen LogP) is 3.91. The Bertz CT molecular complexity index is 909. The molecule has 0 bridgehead atoms. The molecule has 8 heteroatoms. The van der Waals surface area contributed by atoms with Crippen LogP contribution in [0.3, 0.4) is 0 Å². The van der Waals surface area contributed by atoms with Crippen LogP contribution in [-0.4, -0.2) is 25.4 Å². The van der Waals surface area contributed by atoms with Crippen LogP contribution in [0, 0.1) is 0 Å². The molecule has 0 radical (unpaired) electrons. The van der Waals surface area contributed by atoms with E-state index in [0.717, 1.165) is 20.2 Å². The second-order valence-corrected chi connectivity index (χ2v) is 8.13. The zero-order chi connectivity index (χ0) is 19.9. The van der Waals surface area contributed by atoms with Gasteiger partial charge in [0.05, 0.1) is 20.8 Å². The fraction of sp³-hybridized carbons (Fsp3) is 0.250. The first-order chi connectivity index (χ1) is 13.6. The first kappa shape index (κ1) is 20.2. The number of carbonyl (C=O) groups excluding carboxylic acids is 1. The van der Waals surface area contributed by atoms with Crippen molar-refractivity contribution in [2.24, 2.45) is 0 Å². The third-order valence-electron chi connectivity index (χ3n) is 4.09. The number of rotatable bonds is 8. The van der Waals surface area contributed by atoms with Gasteiger partial charge in [0.2, 0.25) is 0 Å². The number of carbonyl (C=O) groups is 1. The second kappa shape index (κ2) is 9.59. The van der Waals surface area contributed by atoms with Gasteiger partial charge in [0.1, 0.15) is 6.10 Å². The molecule has 6 nitrogen and oxygen atoms in total. The largest absolute Gasteiger partial charge is 0.493 e. The summed E-state index contributed by atoms with van der Waals surface area (Å²) >= 11 is 3.01. The van der Waals surface area contributed by atoms with E-state index in [-0.39, 0.29) is 6.03 Å².